The average Bonchev–Trinajstić information content (AvgIpc) is 2.72. The van der Waals surface area contributed by atoms with E-state index in [0.29, 0.717) is 18.4 Å². The quantitative estimate of drug-likeness (QED) is 0.619. The number of carbonyl (C=O) groups excluding carboxylic acids is 1. The molecule has 1 aliphatic heterocycles. The Balaban J connectivity index is 1.52. The molecule has 0 bridgehead atoms. The maximum Gasteiger partial charge on any atom is 0.416 e. The molecule has 1 saturated carbocycles. The van der Waals surface area contributed by atoms with Crippen molar-refractivity contribution in [3.63, 3.8) is 0 Å². The Morgan fingerprint density at radius 2 is 2.03 bits per heavy atom. The first-order chi connectivity index (χ1) is 15.0. The molecule has 9 heteroatoms. The largest absolute Gasteiger partial charge is 0.434 e. The third kappa shape index (κ3) is 3.13. The second kappa shape index (κ2) is 7.19. The maximum atomic E-state index is 14.9. The number of anilines is 1. The lowest BCUT2D eigenvalue weighted by molar-refractivity contribution is 0.000816. The highest BCUT2D eigenvalue weighted by Crippen LogP contribution is 2.54. The minimum Gasteiger partial charge on any atom is -0.434 e. The topological polar surface area (TPSA) is 90.6 Å². The molecule has 2 aliphatic rings. The fourth-order valence-electron chi connectivity index (χ4n) is 4.14. The first-order valence-corrected chi connectivity index (χ1v) is 9.80. The number of hydrogen-bond acceptors (Lipinski definition) is 6. The van der Waals surface area contributed by atoms with E-state index in [1.54, 1.807) is 18.2 Å². The van der Waals surface area contributed by atoms with Gasteiger partial charge in [-0.05, 0) is 37.5 Å². The van der Waals surface area contributed by atoms with Gasteiger partial charge in [0, 0.05) is 29.5 Å². The number of hydrogen-bond donors (Lipinski definition) is 1. The van der Waals surface area contributed by atoms with Crippen LogP contribution in [0, 0.1) is 11.6 Å². The molecule has 0 radical (unpaired) electrons. The van der Waals surface area contributed by atoms with Crippen LogP contribution in [-0.4, -0.2) is 21.2 Å². The van der Waals surface area contributed by atoms with Gasteiger partial charge in [-0.2, -0.15) is 5.10 Å². The van der Waals surface area contributed by atoms with Gasteiger partial charge in [-0.1, -0.05) is 12.1 Å². The van der Waals surface area contributed by atoms with Crippen LogP contribution in [0.4, 0.5) is 19.3 Å². The summed E-state index contributed by atoms with van der Waals surface area (Å²) in [7, 11) is 0. The Labute approximate surface area is 176 Å². The standard InChI is InChI=1S/C22H18F2N4O3/c23-15-10-14-17(11-18(15)30-19-6-2-9-26-27-19)31-21(29)28(22(14)7-3-8-22)12-13-4-1-5-16(25)20(13)24/h1-2,4-6,9-11H,3,7-8,12,25H2. The van der Waals surface area contributed by atoms with Crippen LogP contribution in [-0.2, 0) is 12.1 Å². The van der Waals surface area contributed by atoms with Crippen LogP contribution in [0.1, 0.15) is 30.4 Å². The number of amides is 1. The van der Waals surface area contributed by atoms with Crippen LogP contribution in [0.3, 0.4) is 0 Å². The Kier molecular flexibility index (Phi) is 4.46. The number of carbonyl (C=O) groups is 1. The third-order valence-corrected chi connectivity index (χ3v) is 5.85. The van der Waals surface area contributed by atoms with Crippen LogP contribution in [0.5, 0.6) is 17.4 Å². The summed E-state index contributed by atoms with van der Waals surface area (Å²) in [5.74, 6) is -0.995. The van der Waals surface area contributed by atoms with Gasteiger partial charge in [0.2, 0.25) is 5.88 Å². The molecule has 158 valence electrons. The van der Waals surface area contributed by atoms with Gasteiger partial charge in [0.1, 0.15) is 5.75 Å². The number of ether oxygens (including phenoxy) is 2. The highest BCUT2D eigenvalue weighted by atomic mass is 19.1. The van der Waals surface area contributed by atoms with E-state index < -0.39 is 23.3 Å². The minimum absolute atomic E-state index is 0.00258. The SMILES string of the molecule is Nc1cccc(CN2C(=O)Oc3cc(Oc4cccnn4)c(F)cc3C23CCC3)c1F. The molecule has 1 spiro atoms. The predicted molar refractivity (Wildman–Crippen MR) is 106 cm³/mol. The van der Waals surface area contributed by atoms with E-state index >= 15 is 0 Å². The summed E-state index contributed by atoms with van der Waals surface area (Å²) in [5.41, 5.74) is 5.71. The highest BCUT2D eigenvalue weighted by molar-refractivity contribution is 5.76. The molecule has 1 amide bonds. The fraction of sp³-hybridized carbons (Fsp3) is 0.227. The number of benzene rings is 2. The van der Waals surface area contributed by atoms with Gasteiger partial charge >= 0.3 is 6.09 Å². The third-order valence-electron chi connectivity index (χ3n) is 5.85. The van der Waals surface area contributed by atoms with E-state index in [2.05, 4.69) is 10.2 Å². The Bertz CT molecular complexity index is 1170. The molecule has 31 heavy (non-hydrogen) atoms. The van der Waals surface area contributed by atoms with Crippen LogP contribution in [0.2, 0.25) is 0 Å². The molecular weight excluding hydrogens is 406 g/mol. The molecule has 2 aromatic carbocycles. The van der Waals surface area contributed by atoms with Crippen molar-refractivity contribution in [3.05, 3.63) is 71.4 Å². The summed E-state index contributed by atoms with van der Waals surface area (Å²) >= 11 is 0. The summed E-state index contributed by atoms with van der Waals surface area (Å²) < 4.78 is 40.4. The summed E-state index contributed by atoms with van der Waals surface area (Å²) in [6.07, 6.45) is 2.91. The zero-order valence-electron chi connectivity index (χ0n) is 16.3. The lowest BCUT2D eigenvalue weighted by atomic mass is 9.69. The number of nitrogen functional groups attached to an aromatic ring is 1. The van der Waals surface area contributed by atoms with Gasteiger partial charge in [-0.3, -0.25) is 4.90 Å². The summed E-state index contributed by atoms with van der Waals surface area (Å²) in [5, 5.41) is 7.46. The van der Waals surface area contributed by atoms with Crippen LogP contribution in [0.25, 0.3) is 0 Å². The van der Waals surface area contributed by atoms with Gasteiger partial charge in [0.25, 0.3) is 0 Å². The van der Waals surface area contributed by atoms with E-state index in [-0.39, 0.29) is 35.2 Å². The minimum atomic E-state index is -0.770. The average molecular weight is 424 g/mol. The number of rotatable bonds is 4. The van der Waals surface area contributed by atoms with Crippen molar-refractivity contribution in [1.82, 2.24) is 15.1 Å². The van der Waals surface area contributed by atoms with Crippen molar-refractivity contribution in [1.29, 1.82) is 0 Å². The lowest BCUT2D eigenvalue weighted by Gasteiger charge is -2.52. The molecule has 0 unspecified atom stereocenters. The highest BCUT2D eigenvalue weighted by Gasteiger charge is 2.52. The van der Waals surface area contributed by atoms with Gasteiger partial charge in [-0.15, -0.1) is 5.10 Å². The molecule has 2 heterocycles. The van der Waals surface area contributed by atoms with E-state index in [1.165, 1.54) is 35.4 Å². The molecule has 3 aromatic rings. The van der Waals surface area contributed by atoms with Crippen molar-refractivity contribution < 1.29 is 23.0 Å². The molecule has 1 aromatic heterocycles. The normalized spacial score (nSPS) is 16.5. The Morgan fingerprint density at radius 1 is 1.19 bits per heavy atom. The number of nitrogens with zero attached hydrogens (tertiary/aromatic N) is 3. The van der Waals surface area contributed by atoms with E-state index in [0.717, 1.165) is 6.42 Å². The monoisotopic (exact) mass is 424 g/mol. The van der Waals surface area contributed by atoms with Crippen molar-refractivity contribution in [3.8, 4) is 17.4 Å². The van der Waals surface area contributed by atoms with Gasteiger partial charge in [0.05, 0.1) is 17.8 Å². The molecule has 1 aliphatic carbocycles. The molecule has 2 N–H and O–H groups in total. The number of fused-ring (bicyclic) bond motifs is 2. The van der Waals surface area contributed by atoms with Crippen LogP contribution in [0.15, 0.2) is 48.7 Å². The molecular formula is C22H18F2N4O3. The van der Waals surface area contributed by atoms with E-state index in [9.17, 15) is 13.6 Å². The van der Waals surface area contributed by atoms with Crippen molar-refractivity contribution in [2.45, 2.75) is 31.3 Å². The number of aromatic nitrogens is 2. The Morgan fingerprint density at radius 3 is 2.74 bits per heavy atom. The smallest absolute Gasteiger partial charge is 0.416 e. The molecule has 0 saturated heterocycles. The summed E-state index contributed by atoms with van der Waals surface area (Å²) in [6, 6.07) is 10.4. The molecule has 7 nitrogen and oxygen atoms in total. The van der Waals surface area contributed by atoms with Gasteiger partial charge in [0.15, 0.2) is 17.4 Å². The van der Waals surface area contributed by atoms with Crippen LogP contribution >= 0.6 is 0 Å². The predicted octanol–water partition coefficient (Wildman–Crippen LogP) is 4.52. The second-order valence-electron chi connectivity index (χ2n) is 7.60. The Hall–Kier alpha value is -3.75. The lowest BCUT2D eigenvalue weighted by Crippen LogP contribution is -2.57. The summed E-state index contributed by atoms with van der Waals surface area (Å²) in [4.78, 5) is 14.4. The number of halogens is 2. The zero-order valence-corrected chi connectivity index (χ0v) is 16.3. The van der Waals surface area contributed by atoms with Crippen molar-refractivity contribution in [2.24, 2.45) is 0 Å². The van der Waals surface area contributed by atoms with Gasteiger partial charge in [-0.25, -0.2) is 13.6 Å². The fourth-order valence-corrected chi connectivity index (χ4v) is 4.14. The molecule has 5 rings (SSSR count). The molecule has 0 atom stereocenters. The zero-order chi connectivity index (χ0) is 21.6. The first-order valence-electron chi connectivity index (χ1n) is 9.80. The first kappa shape index (κ1) is 19.2. The van der Waals surface area contributed by atoms with Crippen LogP contribution < -0.4 is 15.2 Å². The molecule has 1 fully saturated rings. The van der Waals surface area contributed by atoms with E-state index in [4.69, 9.17) is 15.2 Å². The van der Waals surface area contributed by atoms with Gasteiger partial charge < -0.3 is 15.2 Å². The van der Waals surface area contributed by atoms with E-state index in [1.807, 2.05) is 0 Å². The summed E-state index contributed by atoms with van der Waals surface area (Å²) in [6.45, 7) is -0.0331. The maximum absolute atomic E-state index is 14.9. The second-order valence-corrected chi connectivity index (χ2v) is 7.60. The van der Waals surface area contributed by atoms with Crippen molar-refractivity contribution in [2.75, 3.05) is 5.73 Å². The number of nitrogens with two attached hydrogens (primary N) is 1. The van der Waals surface area contributed by atoms with Crippen molar-refractivity contribution >= 4 is 11.8 Å².